The van der Waals surface area contributed by atoms with Crippen molar-refractivity contribution in [3.63, 3.8) is 0 Å². The Bertz CT molecular complexity index is 1060. The van der Waals surface area contributed by atoms with E-state index in [1.807, 2.05) is 55.2 Å². The number of nitrogens with one attached hydrogen (secondary N) is 2. The highest BCUT2D eigenvalue weighted by atomic mass is 32.1. The molecule has 0 spiro atoms. The summed E-state index contributed by atoms with van der Waals surface area (Å²) >= 11 is 1.51. The van der Waals surface area contributed by atoms with Gasteiger partial charge in [0.25, 0.3) is 0 Å². The van der Waals surface area contributed by atoms with Gasteiger partial charge in [-0.2, -0.15) is 5.10 Å². The molecular weight excluding hydrogens is 428 g/mol. The Morgan fingerprint density at radius 3 is 2.97 bits per heavy atom. The highest BCUT2D eigenvalue weighted by Gasteiger charge is 2.23. The van der Waals surface area contributed by atoms with E-state index in [1.54, 1.807) is 11.1 Å². The lowest BCUT2D eigenvalue weighted by molar-refractivity contribution is 0.136. The monoisotopic (exact) mass is 456 g/mol. The molecule has 2 amide bonds. The number of hydrogen-bond donors (Lipinski definition) is 2. The number of nitrogens with zero attached hydrogens (tertiary/aromatic N) is 4. The van der Waals surface area contributed by atoms with Crippen LogP contribution in [0, 0.1) is 0 Å². The fraction of sp³-hybridized carbons (Fsp3) is 0.409. The molecule has 0 saturated carbocycles. The van der Waals surface area contributed by atoms with Gasteiger partial charge < -0.3 is 20.1 Å². The van der Waals surface area contributed by atoms with Crippen molar-refractivity contribution in [3.05, 3.63) is 36.0 Å². The predicted molar refractivity (Wildman–Crippen MR) is 126 cm³/mol. The molecule has 0 radical (unpaired) electrons. The van der Waals surface area contributed by atoms with Crippen LogP contribution in [0.5, 0.6) is 5.75 Å². The molecular formula is C22H28N6O3S. The van der Waals surface area contributed by atoms with Gasteiger partial charge in [-0.25, -0.2) is 9.78 Å². The normalized spacial score (nSPS) is 13.6. The molecule has 3 heterocycles. The van der Waals surface area contributed by atoms with Crippen LogP contribution < -0.4 is 20.3 Å². The second-order valence-corrected chi connectivity index (χ2v) is 8.44. The smallest absolute Gasteiger partial charge is 0.321 e. The van der Waals surface area contributed by atoms with Gasteiger partial charge in [-0.15, -0.1) is 11.3 Å². The molecule has 1 aliphatic heterocycles. The van der Waals surface area contributed by atoms with Crippen LogP contribution in [0.15, 0.2) is 36.0 Å². The third-order valence-electron chi connectivity index (χ3n) is 4.83. The fourth-order valence-electron chi connectivity index (χ4n) is 3.39. The molecule has 0 aliphatic carbocycles. The molecule has 32 heavy (non-hydrogen) atoms. The molecule has 9 nitrogen and oxygen atoms in total. The molecule has 10 heteroatoms. The molecule has 1 aromatic carbocycles. The molecule has 4 rings (SSSR count). The zero-order valence-corrected chi connectivity index (χ0v) is 19.3. The second kappa shape index (κ2) is 10.0. The van der Waals surface area contributed by atoms with Gasteiger partial charge in [0.05, 0.1) is 36.8 Å². The Morgan fingerprint density at radius 1 is 1.34 bits per heavy atom. The minimum Gasteiger partial charge on any atom is -0.490 e. The first-order valence-electron chi connectivity index (χ1n) is 10.7. The van der Waals surface area contributed by atoms with E-state index >= 15 is 0 Å². The molecule has 1 fully saturated rings. The van der Waals surface area contributed by atoms with Crippen molar-refractivity contribution in [3.8, 4) is 17.0 Å². The van der Waals surface area contributed by atoms with Crippen molar-refractivity contribution in [2.24, 2.45) is 0 Å². The van der Waals surface area contributed by atoms with Crippen LogP contribution in [0.1, 0.15) is 20.8 Å². The van der Waals surface area contributed by atoms with Crippen molar-refractivity contribution in [2.75, 3.05) is 36.5 Å². The second-order valence-electron chi connectivity index (χ2n) is 7.58. The maximum atomic E-state index is 12.1. The first-order chi connectivity index (χ1) is 15.5. The van der Waals surface area contributed by atoms with Gasteiger partial charge in [0.2, 0.25) is 0 Å². The van der Waals surface area contributed by atoms with Gasteiger partial charge in [0.1, 0.15) is 5.75 Å². The number of urea groups is 1. The number of thiazole rings is 1. The molecule has 1 saturated heterocycles. The van der Waals surface area contributed by atoms with Crippen molar-refractivity contribution in [2.45, 2.75) is 33.4 Å². The average molecular weight is 457 g/mol. The Kier molecular flexibility index (Phi) is 6.91. The summed E-state index contributed by atoms with van der Waals surface area (Å²) in [7, 11) is 0. The van der Waals surface area contributed by atoms with Crippen LogP contribution in [0.25, 0.3) is 11.3 Å². The SMILES string of the molecule is CCOCCn1cc(Nc2nc(-c3ccc(N4CCNC4=O)cc3OC(C)C)cs2)cn1. The van der Waals surface area contributed by atoms with E-state index in [4.69, 9.17) is 14.5 Å². The number of hydrogen-bond acceptors (Lipinski definition) is 7. The van der Waals surface area contributed by atoms with Crippen LogP contribution in [0.4, 0.5) is 21.3 Å². The number of benzene rings is 1. The fourth-order valence-corrected chi connectivity index (χ4v) is 4.12. The highest BCUT2D eigenvalue weighted by molar-refractivity contribution is 7.14. The van der Waals surface area contributed by atoms with Crippen LogP contribution in [0.3, 0.4) is 0 Å². The molecule has 0 unspecified atom stereocenters. The minimum atomic E-state index is -0.0878. The molecule has 170 valence electrons. The Balaban J connectivity index is 1.51. The number of ether oxygens (including phenoxy) is 2. The Labute approximate surface area is 191 Å². The summed E-state index contributed by atoms with van der Waals surface area (Å²) in [6.45, 7) is 9.26. The quantitative estimate of drug-likeness (QED) is 0.446. The Morgan fingerprint density at radius 2 is 2.22 bits per heavy atom. The molecule has 3 aromatic rings. The van der Waals surface area contributed by atoms with Crippen molar-refractivity contribution < 1.29 is 14.3 Å². The lowest BCUT2D eigenvalue weighted by Gasteiger charge is -2.19. The third kappa shape index (κ3) is 5.20. The van der Waals surface area contributed by atoms with Gasteiger partial charge in [0.15, 0.2) is 5.13 Å². The maximum Gasteiger partial charge on any atom is 0.321 e. The first kappa shape index (κ1) is 22.1. The van der Waals surface area contributed by atoms with Crippen LogP contribution in [-0.4, -0.2) is 53.2 Å². The van der Waals surface area contributed by atoms with Crippen molar-refractivity contribution in [1.29, 1.82) is 0 Å². The predicted octanol–water partition coefficient (Wildman–Crippen LogP) is 4.10. The molecule has 1 aliphatic rings. The van der Waals surface area contributed by atoms with Crippen LogP contribution in [-0.2, 0) is 11.3 Å². The van der Waals surface area contributed by atoms with Gasteiger partial charge in [-0.3, -0.25) is 9.58 Å². The lowest BCUT2D eigenvalue weighted by atomic mass is 10.1. The van der Waals surface area contributed by atoms with E-state index < -0.39 is 0 Å². The zero-order valence-electron chi connectivity index (χ0n) is 18.5. The summed E-state index contributed by atoms with van der Waals surface area (Å²) in [5.41, 5.74) is 3.39. The summed E-state index contributed by atoms with van der Waals surface area (Å²) in [6.07, 6.45) is 3.70. The maximum absolute atomic E-state index is 12.1. The van der Waals surface area contributed by atoms with E-state index in [2.05, 4.69) is 15.7 Å². The number of carbonyl (C=O) groups excluding carboxylic acids is 1. The van der Waals surface area contributed by atoms with Gasteiger partial charge >= 0.3 is 6.03 Å². The van der Waals surface area contributed by atoms with E-state index in [-0.39, 0.29) is 12.1 Å². The van der Waals surface area contributed by atoms with E-state index in [9.17, 15) is 4.79 Å². The summed E-state index contributed by atoms with van der Waals surface area (Å²) in [5.74, 6) is 0.706. The van der Waals surface area contributed by atoms with Crippen molar-refractivity contribution >= 4 is 33.9 Å². The topological polar surface area (TPSA) is 93.5 Å². The molecule has 0 atom stereocenters. The number of carbonyl (C=O) groups is 1. The van der Waals surface area contributed by atoms with E-state index in [0.717, 1.165) is 27.8 Å². The van der Waals surface area contributed by atoms with E-state index in [0.29, 0.717) is 38.6 Å². The third-order valence-corrected chi connectivity index (χ3v) is 5.59. The minimum absolute atomic E-state index is 0.00448. The number of amides is 2. The largest absolute Gasteiger partial charge is 0.490 e. The summed E-state index contributed by atoms with van der Waals surface area (Å²) < 4.78 is 13.3. The molecule has 2 N–H and O–H groups in total. The number of aromatic nitrogens is 3. The molecule has 0 bridgehead atoms. The van der Waals surface area contributed by atoms with Gasteiger partial charge in [-0.05, 0) is 32.9 Å². The zero-order chi connectivity index (χ0) is 22.5. The van der Waals surface area contributed by atoms with Crippen LogP contribution in [0.2, 0.25) is 0 Å². The number of rotatable bonds is 10. The van der Waals surface area contributed by atoms with Crippen molar-refractivity contribution in [1.82, 2.24) is 20.1 Å². The first-order valence-corrected chi connectivity index (χ1v) is 11.6. The lowest BCUT2D eigenvalue weighted by Crippen LogP contribution is -2.27. The Hall–Kier alpha value is -3.11. The standard InChI is InChI=1S/C22H28N6O3S/c1-4-30-10-9-27-13-16(12-24-27)25-21-26-19(14-32-21)18-6-5-17(11-20(18)31-15(2)3)28-8-7-23-22(28)29/h5-6,11-15H,4,7-10H2,1-3H3,(H,23,29)(H,25,26). The summed E-state index contributed by atoms with van der Waals surface area (Å²) in [6, 6.07) is 5.72. The summed E-state index contributed by atoms with van der Waals surface area (Å²) in [5, 5.41) is 13.2. The van der Waals surface area contributed by atoms with Crippen LogP contribution >= 0.6 is 11.3 Å². The van der Waals surface area contributed by atoms with Gasteiger partial charge in [-0.1, -0.05) is 0 Å². The van der Waals surface area contributed by atoms with Gasteiger partial charge in [0, 0.05) is 48.6 Å². The van der Waals surface area contributed by atoms with E-state index in [1.165, 1.54) is 11.3 Å². The summed E-state index contributed by atoms with van der Waals surface area (Å²) in [4.78, 5) is 18.5. The average Bonchev–Trinajstić information content (AvgIpc) is 3.50. The number of anilines is 3. The highest BCUT2D eigenvalue weighted by Crippen LogP contribution is 2.36. The molecule has 2 aromatic heterocycles.